The van der Waals surface area contributed by atoms with Crippen LogP contribution in [0.2, 0.25) is 15.7 Å². The normalized spacial score (nSPS) is 12.0. The van der Waals surface area contributed by atoms with Crippen LogP contribution in [0.25, 0.3) is 77.3 Å². The first-order valence-electron chi connectivity index (χ1n) is 40.1. The molecule has 0 aliphatic heterocycles. The number of anilines is 10. The fourth-order valence-corrected chi connectivity index (χ4v) is 16.2. The minimum Gasteiger partial charge on any atom is -0.388 e. The molecule has 8 heterocycles. The van der Waals surface area contributed by atoms with Crippen LogP contribution >= 0.6 is 98.5 Å². The summed E-state index contributed by atoms with van der Waals surface area (Å²) < 4.78 is 268. The molecular weight excluding hydrogens is 2250 g/mol. The van der Waals surface area contributed by atoms with Gasteiger partial charge in [0.15, 0.2) is 0 Å². The second kappa shape index (κ2) is 44.9. The first kappa shape index (κ1) is 109. The van der Waals surface area contributed by atoms with Gasteiger partial charge in [-0.05, 0) is 218 Å². The molecule has 746 valence electrons. The minimum atomic E-state index is -4.52. The number of nitrogens with one attached hydrogen (secondary N) is 3. The molecule has 10 aromatic carbocycles. The van der Waals surface area contributed by atoms with E-state index in [-0.39, 0.29) is 85.7 Å². The molecular formula is C90H66Br4Cl3F20N25O. The Hall–Kier alpha value is -13.1. The summed E-state index contributed by atoms with van der Waals surface area (Å²) in [6.07, 6.45) is -14.3. The number of hydrazine groups is 2. The van der Waals surface area contributed by atoms with Crippen LogP contribution in [-0.2, 0) is 30.9 Å². The summed E-state index contributed by atoms with van der Waals surface area (Å²) >= 11 is 29.9. The van der Waals surface area contributed by atoms with E-state index >= 15 is 0 Å². The molecule has 0 spiro atoms. The predicted octanol–water partition coefficient (Wildman–Crippen LogP) is 27.1. The molecule has 0 amide bonds. The summed E-state index contributed by atoms with van der Waals surface area (Å²) in [6, 6.07) is 37.8. The van der Waals surface area contributed by atoms with Gasteiger partial charge in [0, 0.05) is 126 Å². The van der Waals surface area contributed by atoms with Crippen molar-refractivity contribution in [3.63, 3.8) is 0 Å². The van der Waals surface area contributed by atoms with Gasteiger partial charge in [-0.3, -0.25) is 24.2 Å². The Labute approximate surface area is 843 Å². The topological polar surface area (TPSA) is 311 Å². The van der Waals surface area contributed by atoms with Crippen LogP contribution < -0.4 is 47.6 Å². The number of aromatic nitrogens is 16. The summed E-state index contributed by atoms with van der Waals surface area (Å²) in [7, 11) is 8.28. The zero-order valence-corrected chi connectivity index (χ0v) is 81.0. The highest BCUT2D eigenvalue weighted by molar-refractivity contribution is 9.11. The zero-order valence-electron chi connectivity index (χ0n) is 72.4. The summed E-state index contributed by atoms with van der Waals surface area (Å²) in [5.41, 5.74) is 4.60. The number of hydrogen-bond donors (Lipinski definition) is 6. The van der Waals surface area contributed by atoms with Crippen molar-refractivity contribution in [2.75, 3.05) is 65.6 Å². The van der Waals surface area contributed by atoms with E-state index in [1.807, 2.05) is 6.07 Å². The van der Waals surface area contributed by atoms with Crippen molar-refractivity contribution < 1.29 is 93.0 Å². The van der Waals surface area contributed by atoms with E-state index in [9.17, 15) is 87.8 Å². The Bertz CT molecular complexity index is 7630. The number of nitrogens with two attached hydrogens (primary N) is 2. The molecule has 0 saturated heterocycles. The molecule has 0 unspecified atom stereocenters. The van der Waals surface area contributed by atoms with E-state index in [1.54, 1.807) is 81.7 Å². The molecule has 0 radical (unpaired) electrons. The minimum absolute atomic E-state index is 0. The van der Waals surface area contributed by atoms with Crippen molar-refractivity contribution >= 4 is 222 Å². The van der Waals surface area contributed by atoms with Gasteiger partial charge in [0.1, 0.15) is 70.2 Å². The Kier molecular flexibility index (Phi) is 34.1. The van der Waals surface area contributed by atoms with E-state index in [0.717, 1.165) is 89.4 Å². The smallest absolute Gasteiger partial charge is 0.388 e. The Balaban J connectivity index is 0.000000156. The van der Waals surface area contributed by atoms with Gasteiger partial charge < -0.3 is 30.1 Å². The van der Waals surface area contributed by atoms with Crippen molar-refractivity contribution in [2.24, 2.45) is 11.7 Å². The number of nitrogens with zero attached hydrogens (tertiary/aromatic N) is 20. The van der Waals surface area contributed by atoms with E-state index in [1.165, 1.54) is 128 Å². The standard InChI is InChI=1S/C24H17F4N7.C17H10BrF4N5.C16H9BrClF4N3.C16H12BrF4N5.C9H3Cl2F3N2.C7H7BrFN.CH4.H4N2O/c1-34(17-7-14(6-16(25)9-17)20-11-29-19(10-30-20)13-2-3-13)22-18-5-4-15(24(26,27)28)8-21(18)35-12-31-33-23(35)32-22;1-26(12-6-10(18)5-11(19)7-12)15-13-3-2-9(17(20,21)22)4-14(13)27-8-23-25-16(27)24-15;1-25(11-6-9(17)5-10(19)7-11)14-12-3-2-8(16(20,21)22)4-13(12)23-15(18)24-14;1-26(11-6-9(17)5-10(18)7-11)14-12-3-2-8(16(19,20)21)4-13(12)23-15(24-14)25-22;10-7-5-2-1-4(9(12,13)14)3-6(5)15-8(11)16-7;1-10-7-3-5(8)2-6(9)4-7;;1-2-3/h4-13H,2-3H2,1H3;2-8H,1H3;2-7H,1H3;2-7H,22H2,1H3,(H,23,24,25);1-3H;2-4,10H,1H3;1H4;2-3H,1H2. The van der Waals surface area contributed by atoms with Crippen LogP contribution in [0.15, 0.2) is 225 Å². The van der Waals surface area contributed by atoms with Crippen LogP contribution in [0.1, 0.15) is 59.7 Å². The van der Waals surface area contributed by atoms with E-state index in [4.69, 9.17) is 45.9 Å². The number of rotatable bonds is 12. The quantitative estimate of drug-likeness (QED) is 0.0218. The number of alkyl halides is 15. The monoisotopic (exact) mass is 2310 g/mol. The molecule has 1 fully saturated rings. The van der Waals surface area contributed by atoms with Gasteiger partial charge in [-0.2, -0.15) is 85.8 Å². The van der Waals surface area contributed by atoms with Gasteiger partial charge in [-0.1, -0.05) is 82.7 Å². The molecule has 0 atom stereocenters. The third kappa shape index (κ3) is 26.7. The molecule has 1 aliphatic rings. The maximum Gasteiger partial charge on any atom is 0.416 e. The van der Waals surface area contributed by atoms with Crippen molar-refractivity contribution in [1.29, 1.82) is 0 Å². The molecule has 1 aliphatic carbocycles. The SMILES string of the molecule is C.CN(c1cc(F)cc(-c2cnc(C3CC3)cn2)c1)c1nc2nncn2c2cc(C(F)(F)F)ccc12.CN(c1cc(F)cc(Br)c1)c1nc(Cl)nc2cc(C(F)(F)F)ccc12.CN(c1cc(F)cc(Br)c1)c1nc(NN)nc2cc(C(F)(F)F)ccc12.CN(c1cc(F)cc(Br)c1)c1nc2nncn2c2cc(C(F)(F)F)ccc12.CNc1cc(F)cc(Br)c1.FC(F)(F)c1ccc2c(Cl)nc(Cl)nc2c1.NNO. The first-order chi connectivity index (χ1) is 66.9. The van der Waals surface area contributed by atoms with Crippen LogP contribution in [0.4, 0.5) is 145 Å². The molecule has 143 heavy (non-hydrogen) atoms. The second-order valence-electron chi connectivity index (χ2n) is 30.1. The maximum absolute atomic E-state index is 14.7. The third-order valence-corrected chi connectivity index (χ3v) is 23.0. The van der Waals surface area contributed by atoms with Crippen LogP contribution in [-0.4, -0.2) is 119 Å². The highest BCUT2D eigenvalue weighted by Crippen LogP contribution is 2.45. The summed E-state index contributed by atoms with van der Waals surface area (Å²) in [5.74, 6) is 9.18. The lowest BCUT2D eigenvalue weighted by atomic mass is 10.1. The number of benzene rings is 10. The number of fused-ring (bicyclic) bond motifs is 9. The molecule has 1 saturated carbocycles. The summed E-state index contributed by atoms with van der Waals surface area (Å²) in [5, 5.41) is 26.8. The van der Waals surface area contributed by atoms with Gasteiger partial charge in [0.05, 0.1) is 73.0 Å². The van der Waals surface area contributed by atoms with E-state index in [0.29, 0.717) is 91.9 Å². The molecule has 8 aromatic heterocycles. The maximum atomic E-state index is 14.7. The van der Waals surface area contributed by atoms with Gasteiger partial charge in [-0.25, -0.2) is 53.6 Å². The van der Waals surface area contributed by atoms with Crippen molar-refractivity contribution in [3.8, 4) is 11.3 Å². The fraction of sp³-hybridized carbons (Fsp3) is 0.156. The Morgan fingerprint density at radius 2 is 0.734 bits per heavy atom. The predicted molar refractivity (Wildman–Crippen MR) is 516 cm³/mol. The van der Waals surface area contributed by atoms with Gasteiger partial charge in [0.25, 0.3) is 11.6 Å². The Morgan fingerprint density at radius 1 is 0.392 bits per heavy atom. The molecule has 19 rings (SSSR count). The van der Waals surface area contributed by atoms with Gasteiger partial charge in [-0.15, -0.1) is 26.0 Å². The Morgan fingerprint density at radius 3 is 1.10 bits per heavy atom. The van der Waals surface area contributed by atoms with Gasteiger partial charge >= 0.3 is 30.9 Å². The van der Waals surface area contributed by atoms with Gasteiger partial charge in [0.2, 0.25) is 16.5 Å². The average molecular weight is 2320 g/mol. The van der Waals surface area contributed by atoms with E-state index in [2.05, 4.69) is 151 Å². The second-order valence-corrected chi connectivity index (χ2v) is 34.8. The lowest BCUT2D eigenvalue weighted by Crippen LogP contribution is -2.17. The number of hydrogen-bond acceptors (Lipinski definition) is 24. The zero-order chi connectivity index (χ0) is 103. The molecule has 26 nitrogen and oxygen atoms in total. The molecule has 53 heteroatoms. The summed E-state index contributed by atoms with van der Waals surface area (Å²) in [6.45, 7) is 0. The van der Waals surface area contributed by atoms with Crippen molar-refractivity contribution in [3.05, 3.63) is 303 Å². The van der Waals surface area contributed by atoms with Crippen molar-refractivity contribution in [2.45, 2.75) is 57.1 Å². The largest absolute Gasteiger partial charge is 0.416 e. The van der Waals surface area contributed by atoms with E-state index < -0.39 is 82.0 Å². The van der Waals surface area contributed by atoms with Crippen LogP contribution in [0.5, 0.6) is 0 Å². The lowest BCUT2D eigenvalue weighted by Gasteiger charge is -2.21. The average Bonchev–Trinajstić information content (AvgIpc) is 1.68. The van der Waals surface area contributed by atoms with Crippen molar-refractivity contribution in [1.82, 2.24) is 84.6 Å². The third-order valence-electron chi connectivity index (χ3n) is 20.5. The molecule has 8 N–H and O–H groups in total. The molecule has 18 aromatic rings. The number of halogens is 27. The van der Waals surface area contributed by atoms with Crippen LogP contribution in [0.3, 0.4) is 0 Å². The number of nitrogen functional groups attached to an aromatic ring is 1. The highest BCUT2D eigenvalue weighted by Gasteiger charge is 2.37. The molecule has 0 bridgehead atoms. The lowest BCUT2D eigenvalue weighted by molar-refractivity contribution is -0.138. The van der Waals surface area contributed by atoms with Crippen LogP contribution in [0, 0.1) is 29.1 Å². The summed E-state index contributed by atoms with van der Waals surface area (Å²) in [4.78, 5) is 47.5. The first-order valence-corrected chi connectivity index (χ1v) is 44.4. The highest BCUT2D eigenvalue weighted by atomic mass is 79.9. The fourth-order valence-electron chi connectivity index (χ4n) is 13.7.